The van der Waals surface area contributed by atoms with E-state index in [-0.39, 0.29) is 0 Å². The highest BCUT2D eigenvalue weighted by atomic mass is 15.0. The largest absolute Gasteiger partial charge is 0.256 e. The molecule has 0 radical (unpaired) electrons. The maximum absolute atomic E-state index is 5.37. The van der Waals surface area contributed by atoms with Gasteiger partial charge in [0, 0.05) is 40.2 Å². The van der Waals surface area contributed by atoms with E-state index in [0.29, 0.717) is 17.5 Å². The molecular formula is C59H39N5. The van der Waals surface area contributed by atoms with Crippen molar-refractivity contribution in [2.45, 2.75) is 0 Å². The molecule has 0 unspecified atom stereocenters. The Morgan fingerprint density at radius 1 is 0.203 bits per heavy atom. The Balaban J connectivity index is 1.10. The molecule has 0 N–H and O–H groups in total. The van der Waals surface area contributed by atoms with Gasteiger partial charge in [0.15, 0.2) is 17.5 Å². The summed E-state index contributed by atoms with van der Waals surface area (Å²) in [5.41, 5.74) is 15.3. The maximum atomic E-state index is 5.37. The highest BCUT2D eigenvalue weighted by Crippen LogP contribution is 2.37. The van der Waals surface area contributed by atoms with Crippen molar-refractivity contribution in [3.63, 3.8) is 0 Å². The van der Waals surface area contributed by atoms with Crippen LogP contribution in [0.4, 0.5) is 0 Å². The normalized spacial score (nSPS) is 11.1. The van der Waals surface area contributed by atoms with Gasteiger partial charge in [-0.2, -0.15) is 0 Å². The summed E-state index contributed by atoms with van der Waals surface area (Å²) < 4.78 is 0. The lowest BCUT2D eigenvalue weighted by atomic mass is 9.94. The number of benzene rings is 8. The van der Waals surface area contributed by atoms with Crippen LogP contribution in [0.15, 0.2) is 237 Å². The number of aromatic nitrogens is 5. The highest BCUT2D eigenvalue weighted by Gasteiger charge is 2.17. The molecule has 3 heterocycles. The molecule has 0 spiro atoms. The number of fused-ring (bicyclic) bond motifs is 1. The van der Waals surface area contributed by atoms with Crippen LogP contribution >= 0.6 is 0 Å². The molecule has 0 bridgehead atoms. The Labute approximate surface area is 372 Å². The summed E-state index contributed by atoms with van der Waals surface area (Å²) in [6.07, 6.45) is 3.65. The highest BCUT2D eigenvalue weighted by molar-refractivity contribution is 5.88. The number of hydrogen-bond acceptors (Lipinski definition) is 5. The summed E-state index contributed by atoms with van der Waals surface area (Å²) in [6.45, 7) is 0. The zero-order valence-corrected chi connectivity index (χ0v) is 34.8. The minimum absolute atomic E-state index is 0.587. The fraction of sp³-hybridized carbons (Fsp3) is 0. The van der Waals surface area contributed by atoms with Gasteiger partial charge >= 0.3 is 0 Å². The molecule has 5 heteroatoms. The van der Waals surface area contributed by atoms with Gasteiger partial charge < -0.3 is 0 Å². The van der Waals surface area contributed by atoms with Crippen molar-refractivity contribution in [2.24, 2.45) is 0 Å². The van der Waals surface area contributed by atoms with Crippen LogP contribution in [0.1, 0.15) is 0 Å². The van der Waals surface area contributed by atoms with Gasteiger partial charge in [0.05, 0.1) is 11.4 Å². The van der Waals surface area contributed by atoms with Crippen molar-refractivity contribution in [3.8, 4) is 101 Å². The zero-order valence-electron chi connectivity index (χ0n) is 34.8. The first kappa shape index (κ1) is 38.3. The molecule has 0 fully saturated rings. The summed E-state index contributed by atoms with van der Waals surface area (Å²) in [4.78, 5) is 25.1. The van der Waals surface area contributed by atoms with E-state index in [1.807, 2.05) is 60.9 Å². The third-order valence-corrected chi connectivity index (χ3v) is 11.6. The number of hydrogen-bond donors (Lipinski definition) is 0. The van der Waals surface area contributed by atoms with E-state index in [2.05, 4.69) is 186 Å². The van der Waals surface area contributed by atoms with E-state index in [4.69, 9.17) is 15.0 Å². The summed E-state index contributed by atoms with van der Waals surface area (Å²) in [5, 5.41) is 2.28. The second-order valence-corrected chi connectivity index (χ2v) is 15.8. The molecule has 0 aliphatic rings. The van der Waals surface area contributed by atoms with Gasteiger partial charge in [0.2, 0.25) is 0 Å². The fourth-order valence-corrected chi connectivity index (χ4v) is 8.27. The Kier molecular flexibility index (Phi) is 10.2. The van der Waals surface area contributed by atoms with Crippen LogP contribution in [0, 0.1) is 0 Å². The maximum Gasteiger partial charge on any atom is 0.164 e. The molecule has 0 saturated heterocycles. The Morgan fingerprint density at radius 2 is 0.547 bits per heavy atom. The van der Waals surface area contributed by atoms with Crippen molar-refractivity contribution in [1.82, 2.24) is 24.9 Å². The number of nitrogens with zero attached hydrogens (tertiary/aromatic N) is 5. The Hall–Kier alpha value is -8.67. The second-order valence-electron chi connectivity index (χ2n) is 15.8. The smallest absolute Gasteiger partial charge is 0.164 e. The van der Waals surface area contributed by atoms with Crippen molar-refractivity contribution in [3.05, 3.63) is 237 Å². The molecule has 300 valence electrons. The van der Waals surface area contributed by atoms with Crippen molar-refractivity contribution < 1.29 is 0 Å². The van der Waals surface area contributed by atoms with Crippen LogP contribution < -0.4 is 0 Å². The standard InChI is InChI=1S/C59H39N5/c1-3-13-40(14-4-1)49-34-51(43-21-26-45(27-22-43)55-19-9-11-31-60-55)38-53(36-49)58-62-57(48-30-25-42-17-7-8-18-47(42)33-48)63-59(64-58)54-37-50(41-15-5-2-6-16-41)35-52(39-54)44-23-28-46(29-24-44)56-20-10-12-32-61-56/h1-39H. The first-order valence-electron chi connectivity index (χ1n) is 21.4. The van der Waals surface area contributed by atoms with E-state index in [1.54, 1.807) is 0 Å². The number of pyridine rings is 2. The minimum atomic E-state index is 0.587. The van der Waals surface area contributed by atoms with E-state index in [1.165, 1.54) is 0 Å². The zero-order chi connectivity index (χ0) is 42.7. The van der Waals surface area contributed by atoms with Crippen LogP contribution in [0.3, 0.4) is 0 Å². The topological polar surface area (TPSA) is 64.5 Å². The first-order chi connectivity index (χ1) is 31.7. The quantitative estimate of drug-likeness (QED) is 0.145. The predicted molar refractivity (Wildman–Crippen MR) is 262 cm³/mol. The van der Waals surface area contributed by atoms with Crippen LogP contribution in [-0.2, 0) is 0 Å². The predicted octanol–water partition coefficient (Wildman–Crippen LogP) is 14.8. The van der Waals surface area contributed by atoms with Crippen molar-refractivity contribution in [1.29, 1.82) is 0 Å². The molecule has 64 heavy (non-hydrogen) atoms. The van der Waals surface area contributed by atoms with Gasteiger partial charge in [-0.3, -0.25) is 9.97 Å². The fourth-order valence-electron chi connectivity index (χ4n) is 8.27. The van der Waals surface area contributed by atoms with E-state index < -0.39 is 0 Å². The van der Waals surface area contributed by atoms with Gasteiger partial charge in [-0.05, 0) is 122 Å². The molecule has 0 amide bonds. The lowest BCUT2D eigenvalue weighted by Crippen LogP contribution is -2.01. The Bertz CT molecular complexity index is 3200. The van der Waals surface area contributed by atoms with Gasteiger partial charge in [-0.15, -0.1) is 0 Å². The van der Waals surface area contributed by atoms with Crippen molar-refractivity contribution >= 4 is 10.8 Å². The van der Waals surface area contributed by atoms with Crippen LogP contribution in [0.25, 0.3) is 112 Å². The van der Waals surface area contributed by atoms with Crippen molar-refractivity contribution in [2.75, 3.05) is 0 Å². The molecule has 0 saturated carbocycles. The Morgan fingerprint density at radius 3 is 0.984 bits per heavy atom. The van der Waals surface area contributed by atoms with Crippen LogP contribution in [0.5, 0.6) is 0 Å². The average molecular weight is 818 g/mol. The number of rotatable bonds is 9. The summed E-state index contributed by atoms with van der Waals surface area (Å²) in [6, 6.07) is 78.2. The van der Waals surface area contributed by atoms with E-state index >= 15 is 0 Å². The lowest BCUT2D eigenvalue weighted by molar-refractivity contribution is 1.07. The molecular weight excluding hydrogens is 779 g/mol. The minimum Gasteiger partial charge on any atom is -0.256 e. The molecule has 8 aromatic carbocycles. The molecule has 0 aliphatic heterocycles. The molecule has 5 nitrogen and oxygen atoms in total. The monoisotopic (exact) mass is 817 g/mol. The summed E-state index contributed by atoms with van der Waals surface area (Å²) in [7, 11) is 0. The summed E-state index contributed by atoms with van der Waals surface area (Å²) in [5.74, 6) is 1.77. The lowest BCUT2D eigenvalue weighted by Gasteiger charge is -2.14. The third kappa shape index (κ3) is 7.97. The van der Waals surface area contributed by atoms with Gasteiger partial charge in [-0.25, -0.2) is 15.0 Å². The van der Waals surface area contributed by atoms with Crippen LogP contribution in [0.2, 0.25) is 0 Å². The van der Waals surface area contributed by atoms with E-state index in [9.17, 15) is 0 Å². The second kappa shape index (κ2) is 17.0. The molecule has 3 aromatic heterocycles. The van der Waals surface area contributed by atoms with Gasteiger partial charge in [0.1, 0.15) is 0 Å². The average Bonchev–Trinajstić information content (AvgIpc) is 3.39. The van der Waals surface area contributed by atoms with Crippen LogP contribution in [-0.4, -0.2) is 24.9 Å². The summed E-state index contributed by atoms with van der Waals surface area (Å²) >= 11 is 0. The van der Waals surface area contributed by atoms with Gasteiger partial charge in [-0.1, -0.05) is 158 Å². The molecule has 0 atom stereocenters. The molecule has 11 aromatic rings. The van der Waals surface area contributed by atoms with E-state index in [0.717, 1.165) is 94.5 Å². The SMILES string of the molecule is c1ccc(-c2cc(-c3ccc(-c4ccccn4)cc3)cc(-c3nc(-c4cc(-c5ccccc5)cc(-c5ccc(-c6ccccn6)cc5)c4)nc(-c4ccc5ccccc5c4)n3)c2)cc1. The first-order valence-corrected chi connectivity index (χ1v) is 21.4. The molecule has 11 rings (SSSR count). The van der Waals surface area contributed by atoms with Gasteiger partial charge in [0.25, 0.3) is 0 Å². The third-order valence-electron chi connectivity index (χ3n) is 11.6. The molecule has 0 aliphatic carbocycles.